The van der Waals surface area contributed by atoms with E-state index in [1.165, 1.54) is 38.2 Å². The van der Waals surface area contributed by atoms with Gasteiger partial charge in [-0.15, -0.1) is 0 Å². The Balaban J connectivity index is 0.846. The Morgan fingerprint density at radius 1 is 0.296 bits per heavy atom. The van der Waals surface area contributed by atoms with E-state index < -0.39 is 0 Å². The molecular formula is C63H38N6O2. The first-order valence-electron chi connectivity index (χ1n) is 23.6. The van der Waals surface area contributed by atoms with Crippen molar-refractivity contribution in [1.29, 1.82) is 0 Å². The van der Waals surface area contributed by atoms with Crippen LogP contribution in [0.3, 0.4) is 0 Å². The number of nitrogens with zero attached hydrogens (tertiary/aromatic N) is 6. The van der Waals surface area contributed by atoms with E-state index in [9.17, 15) is 0 Å². The fourth-order valence-electron chi connectivity index (χ4n) is 9.77. The van der Waals surface area contributed by atoms with E-state index in [4.69, 9.17) is 33.8 Å². The summed E-state index contributed by atoms with van der Waals surface area (Å²) in [4.78, 5) is 24.7. The number of para-hydroxylation sites is 4. The van der Waals surface area contributed by atoms with Gasteiger partial charge >= 0.3 is 0 Å². The molecular weight excluding hydrogens is 873 g/mol. The highest BCUT2D eigenvalue weighted by atomic mass is 16.4. The van der Waals surface area contributed by atoms with Gasteiger partial charge in [0.1, 0.15) is 11.0 Å². The molecule has 0 aliphatic heterocycles. The molecule has 8 heteroatoms. The fraction of sp³-hybridized carbons (Fsp3) is 0. The van der Waals surface area contributed by atoms with Crippen LogP contribution in [0.25, 0.3) is 140 Å². The molecule has 4 heterocycles. The topological polar surface area (TPSA) is 95.7 Å². The highest BCUT2D eigenvalue weighted by Gasteiger charge is 2.19. The lowest BCUT2D eigenvalue weighted by Gasteiger charge is -2.12. The summed E-state index contributed by atoms with van der Waals surface area (Å²) in [6.07, 6.45) is 0. The first-order valence-corrected chi connectivity index (χ1v) is 23.6. The maximum Gasteiger partial charge on any atom is 0.227 e. The van der Waals surface area contributed by atoms with Crippen LogP contribution in [0, 0.1) is 0 Å². The molecule has 14 aromatic rings. The standard InChI is InChI=1S/C63H38N6O2/c1-2-11-39(12-3-1)47-14-10-15-49(37-47)69-55-36-34-48(38-52(55)51-35-33-41-13-4-5-16-50(41)58(51)69)40-21-23-42(24-22-40)59-66-60(43-25-29-45(30-26-43)62-64-53-17-6-8-19-56(53)70-62)68-61(67-59)44-27-31-46(32-28-44)63-65-54-18-7-9-20-57(54)71-63/h1-38H. The van der Waals surface area contributed by atoms with Gasteiger partial charge in [0, 0.05) is 49.7 Å². The minimum atomic E-state index is 0.546. The first-order chi connectivity index (χ1) is 35.1. The molecule has 0 spiro atoms. The molecule has 0 fully saturated rings. The number of aromatic nitrogens is 6. The Hall–Kier alpha value is -9.79. The second-order valence-corrected chi connectivity index (χ2v) is 17.7. The normalized spacial score (nSPS) is 11.7. The Morgan fingerprint density at radius 2 is 0.775 bits per heavy atom. The summed E-state index contributed by atoms with van der Waals surface area (Å²) in [6.45, 7) is 0. The summed E-state index contributed by atoms with van der Waals surface area (Å²) in [5.41, 5.74) is 15.4. The summed E-state index contributed by atoms with van der Waals surface area (Å²) < 4.78 is 14.6. The average molecular weight is 911 g/mol. The Morgan fingerprint density at radius 3 is 1.38 bits per heavy atom. The highest BCUT2D eigenvalue weighted by molar-refractivity contribution is 6.19. The SMILES string of the molecule is c1ccc(-c2cccc(-n3c4ccc(-c5ccc(-c6nc(-c7ccc(-c8nc9ccccc9o8)cc7)nc(-c7ccc(-c8nc9ccccc9o8)cc7)n6)cc5)cc4c4ccc5ccccc5c43)c2)cc1. The molecule has 332 valence electrons. The third-order valence-electron chi connectivity index (χ3n) is 13.3. The third-order valence-corrected chi connectivity index (χ3v) is 13.3. The first kappa shape index (κ1) is 40.3. The molecule has 0 aliphatic rings. The minimum Gasteiger partial charge on any atom is -0.436 e. The van der Waals surface area contributed by atoms with Crippen LogP contribution >= 0.6 is 0 Å². The molecule has 0 N–H and O–H groups in total. The van der Waals surface area contributed by atoms with Gasteiger partial charge in [0.25, 0.3) is 0 Å². The van der Waals surface area contributed by atoms with E-state index in [0.717, 1.165) is 72.3 Å². The van der Waals surface area contributed by atoms with E-state index in [-0.39, 0.29) is 0 Å². The second-order valence-electron chi connectivity index (χ2n) is 17.7. The molecule has 0 saturated carbocycles. The van der Waals surface area contributed by atoms with Gasteiger partial charge in [0.05, 0.1) is 11.0 Å². The Kier molecular flexibility index (Phi) is 9.35. The van der Waals surface area contributed by atoms with Crippen LogP contribution in [-0.4, -0.2) is 29.5 Å². The molecule has 0 radical (unpaired) electrons. The van der Waals surface area contributed by atoms with Gasteiger partial charge in [-0.05, 0) is 100 Å². The molecule has 4 aromatic heterocycles. The van der Waals surface area contributed by atoms with E-state index in [1.807, 2.05) is 97.1 Å². The molecule has 8 nitrogen and oxygen atoms in total. The summed E-state index contributed by atoms with van der Waals surface area (Å²) in [5.74, 6) is 2.77. The van der Waals surface area contributed by atoms with Gasteiger partial charge in [-0.1, -0.05) is 158 Å². The van der Waals surface area contributed by atoms with Gasteiger partial charge in [0.2, 0.25) is 11.8 Å². The summed E-state index contributed by atoms with van der Waals surface area (Å²) in [6, 6.07) is 79.4. The monoisotopic (exact) mass is 910 g/mol. The smallest absolute Gasteiger partial charge is 0.227 e. The number of benzene rings is 10. The van der Waals surface area contributed by atoms with Crippen molar-refractivity contribution in [2.24, 2.45) is 0 Å². The zero-order chi connectivity index (χ0) is 46.8. The predicted molar refractivity (Wildman–Crippen MR) is 285 cm³/mol. The summed E-state index contributed by atoms with van der Waals surface area (Å²) >= 11 is 0. The van der Waals surface area contributed by atoms with Crippen molar-refractivity contribution in [3.63, 3.8) is 0 Å². The van der Waals surface area contributed by atoms with Crippen molar-refractivity contribution in [3.8, 4) is 85.0 Å². The maximum atomic E-state index is 6.08. The van der Waals surface area contributed by atoms with Crippen molar-refractivity contribution in [2.75, 3.05) is 0 Å². The number of fused-ring (bicyclic) bond motifs is 7. The molecule has 10 aromatic carbocycles. The third kappa shape index (κ3) is 7.13. The van der Waals surface area contributed by atoms with Crippen LogP contribution in [0.4, 0.5) is 0 Å². The number of hydrogen-bond acceptors (Lipinski definition) is 7. The lowest BCUT2D eigenvalue weighted by molar-refractivity contribution is 0.619. The Bertz CT molecular complexity index is 4120. The zero-order valence-corrected chi connectivity index (χ0v) is 37.9. The van der Waals surface area contributed by atoms with Crippen molar-refractivity contribution in [1.82, 2.24) is 29.5 Å². The van der Waals surface area contributed by atoms with Crippen LogP contribution in [0.15, 0.2) is 239 Å². The zero-order valence-electron chi connectivity index (χ0n) is 37.9. The molecule has 0 aliphatic carbocycles. The lowest BCUT2D eigenvalue weighted by atomic mass is 10.0. The van der Waals surface area contributed by atoms with Crippen molar-refractivity contribution >= 4 is 54.8 Å². The quantitative estimate of drug-likeness (QED) is 0.150. The van der Waals surface area contributed by atoms with Crippen LogP contribution < -0.4 is 0 Å². The van der Waals surface area contributed by atoms with Crippen molar-refractivity contribution in [2.45, 2.75) is 0 Å². The van der Waals surface area contributed by atoms with Crippen molar-refractivity contribution in [3.05, 3.63) is 231 Å². The van der Waals surface area contributed by atoms with E-state index in [0.29, 0.717) is 29.3 Å². The van der Waals surface area contributed by atoms with Gasteiger partial charge in [0.15, 0.2) is 28.6 Å². The van der Waals surface area contributed by atoms with Crippen LogP contribution in [0.1, 0.15) is 0 Å². The van der Waals surface area contributed by atoms with E-state index in [1.54, 1.807) is 0 Å². The lowest BCUT2D eigenvalue weighted by Crippen LogP contribution is -2.00. The second kappa shape index (κ2) is 16.5. The number of hydrogen-bond donors (Lipinski definition) is 0. The van der Waals surface area contributed by atoms with Gasteiger partial charge < -0.3 is 13.4 Å². The molecule has 0 saturated heterocycles. The largest absolute Gasteiger partial charge is 0.436 e. The molecule has 0 amide bonds. The van der Waals surface area contributed by atoms with E-state index >= 15 is 0 Å². The number of oxazole rings is 2. The predicted octanol–water partition coefficient (Wildman–Crippen LogP) is 16.1. The Labute approximate surface area is 406 Å². The molecule has 0 bridgehead atoms. The summed E-state index contributed by atoms with van der Waals surface area (Å²) in [7, 11) is 0. The van der Waals surface area contributed by atoms with Gasteiger partial charge in [-0.25, -0.2) is 24.9 Å². The molecule has 14 rings (SSSR count). The fourth-order valence-corrected chi connectivity index (χ4v) is 9.77. The summed E-state index contributed by atoms with van der Waals surface area (Å²) in [5, 5.41) is 4.81. The highest BCUT2D eigenvalue weighted by Crippen LogP contribution is 2.40. The van der Waals surface area contributed by atoms with Gasteiger partial charge in [-0.3, -0.25) is 0 Å². The van der Waals surface area contributed by atoms with Crippen LogP contribution in [0.5, 0.6) is 0 Å². The molecule has 0 unspecified atom stereocenters. The van der Waals surface area contributed by atoms with E-state index in [2.05, 4.69) is 138 Å². The minimum absolute atomic E-state index is 0.546. The van der Waals surface area contributed by atoms with Crippen molar-refractivity contribution < 1.29 is 8.83 Å². The number of rotatable bonds is 8. The maximum absolute atomic E-state index is 6.08. The molecule has 0 atom stereocenters. The van der Waals surface area contributed by atoms with Gasteiger partial charge in [-0.2, -0.15) is 0 Å². The molecule has 71 heavy (non-hydrogen) atoms. The average Bonchev–Trinajstić information content (AvgIpc) is 4.18. The van der Waals surface area contributed by atoms with Crippen LogP contribution in [0.2, 0.25) is 0 Å². The van der Waals surface area contributed by atoms with Crippen LogP contribution in [-0.2, 0) is 0 Å².